The third-order valence-electron chi connectivity index (χ3n) is 3.83. The molecule has 0 aliphatic carbocycles. The number of hydrogen-bond donors (Lipinski definition) is 1. The Labute approximate surface area is 139 Å². The lowest BCUT2D eigenvalue weighted by atomic mass is 10.1. The Kier molecular flexibility index (Phi) is 7.70. The Bertz CT molecular complexity index is 491. The van der Waals surface area contributed by atoms with Crippen LogP contribution in [0, 0.1) is 0 Å². The van der Waals surface area contributed by atoms with Gasteiger partial charge in [-0.3, -0.25) is 14.9 Å². The van der Waals surface area contributed by atoms with E-state index in [0.29, 0.717) is 6.54 Å². The van der Waals surface area contributed by atoms with Gasteiger partial charge < -0.3 is 5.11 Å². The molecular formula is C19H27N3O. The van der Waals surface area contributed by atoms with Crippen molar-refractivity contribution in [1.82, 2.24) is 14.9 Å². The highest BCUT2D eigenvalue weighted by molar-refractivity contribution is 5.06. The molecule has 0 bridgehead atoms. The molecule has 1 unspecified atom stereocenters. The van der Waals surface area contributed by atoms with Crippen LogP contribution in [0.25, 0.3) is 0 Å². The number of aliphatic hydroxyl groups is 1. The summed E-state index contributed by atoms with van der Waals surface area (Å²) in [6.07, 6.45) is 7.62. The van der Waals surface area contributed by atoms with Crippen LogP contribution in [-0.4, -0.2) is 32.6 Å². The summed E-state index contributed by atoms with van der Waals surface area (Å²) in [7, 11) is 0. The molecule has 4 nitrogen and oxygen atoms in total. The van der Waals surface area contributed by atoms with Crippen LogP contribution in [0.3, 0.4) is 0 Å². The van der Waals surface area contributed by atoms with Crippen molar-refractivity contribution >= 4 is 0 Å². The van der Waals surface area contributed by atoms with E-state index >= 15 is 0 Å². The smallest absolute Gasteiger partial charge is 0.0667 e. The van der Waals surface area contributed by atoms with Crippen molar-refractivity contribution in [3.63, 3.8) is 0 Å². The summed E-state index contributed by atoms with van der Waals surface area (Å²) in [6, 6.07) is 11.9. The molecule has 0 spiro atoms. The summed E-state index contributed by atoms with van der Waals surface area (Å²) < 4.78 is 0. The maximum Gasteiger partial charge on any atom is 0.0667 e. The number of rotatable bonds is 10. The molecule has 0 aliphatic rings. The van der Waals surface area contributed by atoms with Gasteiger partial charge in [-0.15, -0.1) is 0 Å². The van der Waals surface area contributed by atoms with E-state index in [-0.39, 0.29) is 6.10 Å². The third-order valence-corrected chi connectivity index (χ3v) is 3.83. The van der Waals surface area contributed by atoms with Gasteiger partial charge in [0.2, 0.25) is 0 Å². The molecule has 0 saturated heterocycles. The van der Waals surface area contributed by atoms with Gasteiger partial charge in [-0.25, -0.2) is 0 Å². The molecule has 0 radical (unpaired) electrons. The molecule has 23 heavy (non-hydrogen) atoms. The fourth-order valence-electron chi connectivity index (χ4n) is 2.65. The first kappa shape index (κ1) is 17.6. The van der Waals surface area contributed by atoms with Crippen molar-refractivity contribution < 1.29 is 5.11 Å². The molecule has 124 valence electrons. The van der Waals surface area contributed by atoms with Crippen LogP contribution >= 0.6 is 0 Å². The van der Waals surface area contributed by atoms with E-state index in [4.69, 9.17) is 0 Å². The maximum absolute atomic E-state index is 10.3. The van der Waals surface area contributed by atoms with E-state index < -0.39 is 0 Å². The van der Waals surface area contributed by atoms with Gasteiger partial charge in [0, 0.05) is 32.0 Å². The second-order valence-corrected chi connectivity index (χ2v) is 5.96. The predicted octanol–water partition coefficient (Wildman–Crippen LogP) is 3.42. The summed E-state index contributed by atoms with van der Waals surface area (Å²) in [5, 5.41) is 10.3. The Morgan fingerprint density at radius 1 is 0.957 bits per heavy atom. The van der Waals surface area contributed by atoms with Crippen LogP contribution < -0.4 is 0 Å². The number of nitrogens with zero attached hydrogens (tertiary/aromatic N) is 3. The first-order chi connectivity index (χ1) is 11.3. The molecule has 4 heteroatoms. The first-order valence-corrected chi connectivity index (χ1v) is 8.48. The predicted molar refractivity (Wildman–Crippen MR) is 92.7 cm³/mol. The Morgan fingerprint density at radius 2 is 1.57 bits per heavy atom. The minimum atomic E-state index is -0.297. The average Bonchev–Trinajstić information content (AvgIpc) is 2.57. The van der Waals surface area contributed by atoms with E-state index in [1.54, 1.807) is 0 Å². The topological polar surface area (TPSA) is 49.2 Å². The van der Waals surface area contributed by atoms with Crippen molar-refractivity contribution in [3.8, 4) is 0 Å². The van der Waals surface area contributed by atoms with Gasteiger partial charge in [0.05, 0.1) is 17.5 Å². The molecule has 2 aromatic rings. The van der Waals surface area contributed by atoms with Crippen LogP contribution in [0.2, 0.25) is 0 Å². The molecule has 2 aromatic heterocycles. The van der Waals surface area contributed by atoms with Crippen molar-refractivity contribution in [2.24, 2.45) is 0 Å². The normalized spacial score (nSPS) is 12.5. The number of unbranched alkanes of at least 4 members (excludes halogenated alkanes) is 2. The third kappa shape index (κ3) is 6.89. The second-order valence-electron chi connectivity index (χ2n) is 5.96. The number of aliphatic hydroxyl groups excluding tert-OH is 1. The van der Waals surface area contributed by atoms with Crippen LogP contribution in [0.15, 0.2) is 48.8 Å². The lowest BCUT2D eigenvalue weighted by Crippen LogP contribution is -2.32. The summed E-state index contributed by atoms with van der Waals surface area (Å²) in [4.78, 5) is 11.0. The van der Waals surface area contributed by atoms with E-state index in [1.807, 2.05) is 48.8 Å². The van der Waals surface area contributed by atoms with Crippen LogP contribution in [0.4, 0.5) is 0 Å². The summed E-state index contributed by atoms with van der Waals surface area (Å²) in [5.41, 5.74) is 2.04. The first-order valence-electron chi connectivity index (χ1n) is 8.48. The summed E-state index contributed by atoms with van der Waals surface area (Å²) in [6.45, 7) is 4.28. The number of aromatic nitrogens is 2. The molecule has 2 heterocycles. The highest BCUT2D eigenvalue weighted by Crippen LogP contribution is 2.11. The van der Waals surface area contributed by atoms with Gasteiger partial charge in [-0.2, -0.15) is 0 Å². The molecule has 0 amide bonds. The Morgan fingerprint density at radius 3 is 2.04 bits per heavy atom. The lowest BCUT2D eigenvalue weighted by molar-refractivity contribution is 0.0942. The van der Waals surface area contributed by atoms with E-state index in [2.05, 4.69) is 21.8 Å². The number of hydrogen-bond acceptors (Lipinski definition) is 4. The van der Waals surface area contributed by atoms with E-state index in [1.165, 1.54) is 12.8 Å². The minimum absolute atomic E-state index is 0.297. The molecule has 0 aliphatic heterocycles. The zero-order valence-electron chi connectivity index (χ0n) is 13.9. The van der Waals surface area contributed by atoms with Gasteiger partial charge in [0.1, 0.15) is 0 Å². The van der Waals surface area contributed by atoms with Gasteiger partial charge in [0.15, 0.2) is 0 Å². The van der Waals surface area contributed by atoms with Gasteiger partial charge in [-0.05, 0) is 30.7 Å². The zero-order chi connectivity index (χ0) is 16.3. The lowest BCUT2D eigenvalue weighted by Gasteiger charge is -2.24. The largest absolute Gasteiger partial charge is 0.392 e. The van der Waals surface area contributed by atoms with E-state index in [9.17, 15) is 5.11 Å². The van der Waals surface area contributed by atoms with Gasteiger partial charge in [-0.1, -0.05) is 38.3 Å². The fraction of sp³-hybridized carbons (Fsp3) is 0.474. The molecule has 1 atom stereocenters. The highest BCUT2D eigenvalue weighted by atomic mass is 16.3. The molecule has 0 fully saturated rings. The minimum Gasteiger partial charge on any atom is -0.392 e. The standard InChI is InChI=1S/C19H27N3O/c1-2-3-4-11-19(23)16-22(14-17-9-5-7-12-20-17)15-18-10-6-8-13-21-18/h5-10,12-13,19,23H,2-4,11,14-16H2,1H3. The van der Waals surface area contributed by atoms with Gasteiger partial charge >= 0.3 is 0 Å². The van der Waals surface area contributed by atoms with Crippen LogP contribution in [0.5, 0.6) is 0 Å². The monoisotopic (exact) mass is 313 g/mol. The Hall–Kier alpha value is -1.78. The van der Waals surface area contributed by atoms with Crippen LogP contribution in [0.1, 0.15) is 44.0 Å². The highest BCUT2D eigenvalue weighted by Gasteiger charge is 2.14. The van der Waals surface area contributed by atoms with Crippen molar-refractivity contribution in [2.45, 2.75) is 51.8 Å². The molecule has 0 aromatic carbocycles. The number of pyridine rings is 2. The fourth-order valence-corrected chi connectivity index (χ4v) is 2.65. The summed E-state index contributed by atoms with van der Waals surface area (Å²) in [5.74, 6) is 0. The Balaban J connectivity index is 1.96. The summed E-state index contributed by atoms with van der Waals surface area (Å²) >= 11 is 0. The van der Waals surface area contributed by atoms with Crippen LogP contribution in [-0.2, 0) is 13.1 Å². The second kappa shape index (κ2) is 10.1. The SMILES string of the molecule is CCCCCC(O)CN(Cc1ccccn1)Cc1ccccn1. The van der Waals surface area contributed by atoms with Crippen molar-refractivity contribution in [3.05, 3.63) is 60.2 Å². The molecule has 0 saturated carbocycles. The maximum atomic E-state index is 10.3. The van der Waals surface area contributed by atoms with Gasteiger partial charge in [0.25, 0.3) is 0 Å². The molecule has 1 N–H and O–H groups in total. The van der Waals surface area contributed by atoms with Crippen molar-refractivity contribution in [2.75, 3.05) is 6.54 Å². The quantitative estimate of drug-likeness (QED) is 0.683. The van der Waals surface area contributed by atoms with Crippen molar-refractivity contribution in [1.29, 1.82) is 0 Å². The molecule has 2 rings (SSSR count). The zero-order valence-corrected chi connectivity index (χ0v) is 13.9. The molecular weight excluding hydrogens is 286 g/mol. The van der Waals surface area contributed by atoms with E-state index in [0.717, 1.165) is 37.3 Å². The average molecular weight is 313 g/mol.